The lowest BCUT2D eigenvalue weighted by molar-refractivity contribution is -0.119. The molecule has 0 aliphatic heterocycles. The molecule has 1 fully saturated rings. The minimum absolute atomic E-state index is 0.0675. The zero-order chi connectivity index (χ0) is 19.3. The molecule has 0 atom stereocenters. The predicted octanol–water partition coefficient (Wildman–Crippen LogP) is 3.34. The van der Waals surface area contributed by atoms with Gasteiger partial charge in [-0.3, -0.25) is 4.79 Å². The monoisotopic (exact) mass is 397 g/mol. The van der Waals surface area contributed by atoms with Gasteiger partial charge in [0.05, 0.1) is 12.9 Å². The van der Waals surface area contributed by atoms with Gasteiger partial charge in [-0.15, -0.1) is 10.2 Å². The van der Waals surface area contributed by atoms with Crippen molar-refractivity contribution < 1.29 is 9.53 Å². The van der Waals surface area contributed by atoms with E-state index in [1.54, 1.807) is 11.6 Å². The van der Waals surface area contributed by atoms with E-state index in [4.69, 9.17) is 4.74 Å². The second kappa shape index (κ2) is 8.60. The average Bonchev–Trinajstić information content (AvgIpc) is 3.16. The van der Waals surface area contributed by atoms with Gasteiger partial charge in [0.15, 0.2) is 11.5 Å². The van der Waals surface area contributed by atoms with Crippen molar-refractivity contribution in [1.82, 2.24) is 25.1 Å². The van der Waals surface area contributed by atoms with Crippen LogP contribution in [0.1, 0.15) is 32.1 Å². The molecule has 3 aromatic rings. The number of hydrogen-bond acceptors (Lipinski definition) is 6. The Balaban J connectivity index is 1.45. The lowest BCUT2D eigenvalue weighted by Gasteiger charge is -2.22. The van der Waals surface area contributed by atoms with Crippen molar-refractivity contribution in [3.63, 3.8) is 0 Å². The van der Waals surface area contributed by atoms with Crippen LogP contribution < -0.4 is 10.1 Å². The van der Waals surface area contributed by atoms with Crippen molar-refractivity contribution in [2.24, 2.45) is 0 Å². The number of carbonyl (C=O) groups excluding carboxylic acids is 1. The van der Waals surface area contributed by atoms with E-state index in [0.29, 0.717) is 23.3 Å². The van der Waals surface area contributed by atoms with Gasteiger partial charge in [-0.25, -0.2) is 0 Å². The maximum absolute atomic E-state index is 12.2. The van der Waals surface area contributed by atoms with Crippen LogP contribution in [-0.2, 0) is 4.79 Å². The maximum Gasteiger partial charge on any atom is 0.230 e. The molecule has 7 nitrogen and oxygen atoms in total. The third-order valence-corrected chi connectivity index (χ3v) is 5.83. The highest BCUT2D eigenvalue weighted by Crippen LogP contribution is 2.23. The summed E-state index contributed by atoms with van der Waals surface area (Å²) >= 11 is 1.43. The molecule has 146 valence electrons. The van der Waals surface area contributed by atoms with Gasteiger partial charge in [0.2, 0.25) is 5.91 Å². The van der Waals surface area contributed by atoms with E-state index < -0.39 is 0 Å². The Kier molecular flexibility index (Phi) is 5.76. The van der Waals surface area contributed by atoms with Crippen molar-refractivity contribution in [3.8, 4) is 17.1 Å². The third-order valence-electron chi connectivity index (χ3n) is 4.91. The van der Waals surface area contributed by atoms with Gasteiger partial charge in [-0.1, -0.05) is 31.0 Å². The molecule has 1 aliphatic carbocycles. The van der Waals surface area contributed by atoms with E-state index in [-0.39, 0.29) is 5.91 Å². The molecule has 1 saturated carbocycles. The van der Waals surface area contributed by atoms with Crippen LogP contribution in [0.5, 0.6) is 5.75 Å². The normalized spacial score (nSPS) is 14.9. The summed E-state index contributed by atoms with van der Waals surface area (Å²) in [4.78, 5) is 12.2. The molecule has 8 heteroatoms. The molecule has 28 heavy (non-hydrogen) atoms. The number of hydrogen-bond donors (Lipinski definition) is 1. The van der Waals surface area contributed by atoms with Gasteiger partial charge in [0, 0.05) is 11.6 Å². The second-order valence-corrected chi connectivity index (χ2v) is 7.88. The highest BCUT2D eigenvalue weighted by Gasteiger charge is 2.16. The SMILES string of the molecule is COc1ccc(-c2nnc3ccc(SCC(=O)NC4CCCCC4)nn23)cc1. The highest BCUT2D eigenvalue weighted by atomic mass is 32.2. The highest BCUT2D eigenvalue weighted by molar-refractivity contribution is 7.99. The molecular weight excluding hydrogens is 374 g/mol. The Morgan fingerprint density at radius 3 is 2.68 bits per heavy atom. The minimum atomic E-state index is 0.0675. The lowest BCUT2D eigenvalue weighted by Crippen LogP contribution is -2.37. The van der Waals surface area contributed by atoms with Crippen LogP contribution >= 0.6 is 11.8 Å². The summed E-state index contributed by atoms with van der Waals surface area (Å²) in [5.41, 5.74) is 1.57. The van der Waals surface area contributed by atoms with E-state index in [1.165, 1.54) is 31.0 Å². The van der Waals surface area contributed by atoms with E-state index in [0.717, 1.165) is 29.2 Å². The van der Waals surface area contributed by atoms with Gasteiger partial charge in [-0.05, 0) is 49.2 Å². The topological polar surface area (TPSA) is 81.4 Å². The number of nitrogens with one attached hydrogen (secondary N) is 1. The quantitative estimate of drug-likeness (QED) is 0.643. The molecular formula is C20H23N5O2S. The van der Waals surface area contributed by atoms with Crippen LogP contribution in [0.4, 0.5) is 0 Å². The molecule has 1 N–H and O–H groups in total. The summed E-state index contributed by atoms with van der Waals surface area (Å²) < 4.78 is 6.91. The number of aromatic nitrogens is 4. The Hall–Kier alpha value is -2.61. The van der Waals surface area contributed by atoms with E-state index in [1.807, 2.05) is 36.4 Å². The standard InChI is InChI=1S/C20H23N5O2S/c1-27-16-9-7-14(8-10-16)20-23-22-17-11-12-19(24-25(17)20)28-13-18(26)21-15-5-3-2-4-6-15/h7-12,15H,2-6,13H2,1H3,(H,21,26). The summed E-state index contributed by atoms with van der Waals surface area (Å²) in [5, 5.41) is 17.0. The van der Waals surface area contributed by atoms with Gasteiger partial charge >= 0.3 is 0 Å². The number of carbonyl (C=O) groups is 1. The fraction of sp³-hybridized carbons (Fsp3) is 0.400. The van der Waals surface area contributed by atoms with Crippen LogP contribution in [0.3, 0.4) is 0 Å². The number of thioether (sulfide) groups is 1. The Labute approximate surface area is 167 Å². The number of methoxy groups -OCH3 is 1. The number of benzene rings is 1. The molecule has 4 rings (SSSR count). The molecule has 0 saturated heterocycles. The summed E-state index contributed by atoms with van der Waals surface area (Å²) in [7, 11) is 1.64. The molecule has 2 heterocycles. The zero-order valence-electron chi connectivity index (χ0n) is 15.8. The molecule has 0 bridgehead atoms. The second-order valence-electron chi connectivity index (χ2n) is 6.88. The Bertz CT molecular complexity index is 951. The summed E-state index contributed by atoms with van der Waals surface area (Å²) in [6.07, 6.45) is 5.87. The summed E-state index contributed by atoms with van der Waals surface area (Å²) in [6.45, 7) is 0. The van der Waals surface area contributed by atoms with Gasteiger partial charge < -0.3 is 10.1 Å². The molecule has 2 aromatic heterocycles. The number of nitrogens with zero attached hydrogens (tertiary/aromatic N) is 4. The van der Waals surface area contributed by atoms with Crippen LogP contribution in [0.25, 0.3) is 17.0 Å². The molecule has 0 radical (unpaired) electrons. The van der Waals surface area contributed by atoms with Crippen molar-refractivity contribution in [1.29, 1.82) is 0 Å². The first kappa shape index (κ1) is 18.7. The van der Waals surface area contributed by atoms with Gasteiger partial charge in [0.1, 0.15) is 10.8 Å². The molecule has 1 aromatic carbocycles. The van der Waals surface area contributed by atoms with Gasteiger partial charge in [-0.2, -0.15) is 9.61 Å². The van der Waals surface area contributed by atoms with Crippen molar-refractivity contribution >= 4 is 23.3 Å². The van der Waals surface area contributed by atoms with Crippen molar-refractivity contribution in [3.05, 3.63) is 36.4 Å². The zero-order valence-corrected chi connectivity index (χ0v) is 16.6. The fourth-order valence-electron chi connectivity index (χ4n) is 3.42. The van der Waals surface area contributed by atoms with Crippen LogP contribution in [-0.4, -0.2) is 44.6 Å². The fourth-order valence-corrected chi connectivity index (χ4v) is 4.09. The van der Waals surface area contributed by atoms with Gasteiger partial charge in [0.25, 0.3) is 0 Å². The first-order valence-electron chi connectivity index (χ1n) is 9.52. The predicted molar refractivity (Wildman–Crippen MR) is 109 cm³/mol. The summed E-state index contributed by atoms with van der Waals surface area (Å²) in [5.74, 6) is 1.87. The van der Waals surface area contributed by atoms with Crippen molar-refractivity contribution in [2.75, 3.05) is 12.9 Å². The molecule has 1 amide bonds. The van der Waals surface area contributed by atoms with E-state index >= 15 is 0 Å². The molecule has 1 aliphatic rings. The average molecular weight is 398 g/mol. The largest absolute Gasteiger partial charge is 0.497 e. The summed E-state index contributed by atoms with van der Waals surface area (Å²) in [6, 6.07) is 11.7. The smallest absolute Gasteiger partial charge is 0.230 e. The molecule has 0 spiro atoms. The number of ether oxygens (including phenoxy) is 1. The first-order valence-corrected chi connectivity index (χ1v) is 10.5. The lowest BCUT2D eigenvalue weighted by atomic mass is 9.95. The Morgan fingerprint density at radius 2 is 1.93 bits per heavy atom. The minimum Gasteiger partial charge on any atom is -0.497 e. The van der Waals surface area contributed by atoms with E-state index in [2.05, 4.69) is 20.6 Å². The number of amides is 1. The molecule has 0 unspecified atom stereocenters. The van der Waals surface area contributed by atoms with E-state index in [9.17, 15) is 4.79 Å². The first-order chi connectivity index (χ1) is 13.7. The number of rotatable bonds is 6. The third kappa shape index (κ3) is 4.27. The van der Waals surface area contributed by atoms with Crippen LogP contribution in [0.2, 0.25) is 0 Å². The Morgan fingerprint density at radius 1 is 1.14 bits per heavy atom. The number of fused-ring (bicyclic) bond motifs is 1. The van der Waals surface area contributed by atoms with Crippen molar-refractivity contribution in [2.45, 2.75) is 43.2 Å². The van der Waals surface area contributed by atoms with Crippen LogP contribution in [0.15, 0.2) is 41.4 Å². The maximum atomic E-state index is 12.2. The van der Waals surface area contributed by atoms with Crippen LogP contribution in [0, 0.1) is 0 Å².